The van der Waals surface area contributed by atoms with Crippen molar-refractivity contribution in [2.75, 3.05) is 19.6 Å². The third-order valence-electron chi connectivity index (χ3n) is 8.80. The Bertz CT molecular complexity index is 1540. The summed E-state index contributed by atoms with van der Waals surface area (Å²) in [5.41, 5.74) is 0.665. The first-order valence-corrected chi connectivity index (χ1v) is 14.9. The number of nitrogens with one attached hydrogen (secondary N) is 1. The predicted molar refractivity (Wildman–Crippen MR) is 160 cm³/mol. The molecule has 0 aliphatic carbocycles. The molecular formula is C34H39BrF3N3O4. The summed E-state index contributed by atoms with van der Waals surface area (Å²) in [6.07, 6.45) is -0.709. The van der Waals surface area contributed by atoms with Crippen LogP contribution in [0, 0.1) is 11.8 Å². The summed E-state index contributed by atoms with van der Waals surface area (Å²) < 4.78 is 53.0. The Hall–Kier alpha value is -3.44. The number of piperidine rings is 3. The van der Waals surface area contributed by atoms with E-state index in [1.165, 1.54) is 12.1 Å². The molecule has 45 heavy (non-hydrogen) atoms. The highest BCUT2D eigenvalue weighted by Gasteiger charge is 2.55. The van der Waals surface area contributed by atoms with Crippen LogP contribution in [0.1, 0.15) is 56.4 Å². The van der Waals surface area contributed by atoms with Crippen LogP contribution in [-0.4, -0.2) is 52.8 Å². The number of carbonyl (C=O) groups is 2. The minimum Gasteiger partial charge on any atom is -1.00 e. The second-order valence-corrected chi connectivity index (χ2v) is 12.9. The number of esters is 1. The molecule has 1 N–H and O–H groups in total. The Morgan fingerprint density at radius 3 is 2.60 bits per heavy atom. The lowest BCUT2D eigenvalue weighted by atomic mass is 9.71. The van der Waals surface area contributed by atoms with Gasteiger partial charge in [0.1, 0.15) is 24.7 Å². The van der Waals surface area contributed by atoms with E-state index in [9.17, 15) is 22.8 Å². The number of hydrogen-bond acceptors (Lipinski definition) is 5. The van der Waals surface area contributed by atoms with E-state index in [0.717, 1.165) is 35.5 Å². The molecule has 0 radical (unpaired) electrons. The van der Waals surface area contributed by atoms with E-state index in [4.69, 9.17) is 9.47 Å². The van der Waals surface area contributed by atoms with E-state index in [0.29, 0.717) is 35.5 Å². The Morgan fingerprint density at radius 2 is 1.89 bits per heavy atom. The van der Waals surface area contributed by atoms with Crippen LogP contribution < -0.4 is 22.3 Å². The quantitative estimate of drug-likeness (QED) is 0.220. The van der Waals surface area contributed by atoms with Gasteiger partial charge in [0, 0.05) is 41.5 Å². The molecule has 1 aromatic heterocycles. The highest BCUT2D eigenvalue weighted by molar-refractivity contribution is 5.83. The van der Waals surface area contributed by atoms with Gasteiger partial charge in [0.15, 0.2) is 6.10 Å². The lowest BCUT2D eigenvalue weighted by Crippen LogP contribution is -3.00. The van der Waals surface area contributed by atoms with E-state index in [2.05, 4.69) is 16.9 Å². The molecule has 1 amide bonds. The van der Waals surface area contributed by atoms with Gasteiger partial charge in [-0.15, -0.1) is 6.58 Å². The number of benzene rings is 2. The van der Waals surface area contributed by atoms with Gasteiger partial charge in [0.2, 0.25) is 0 Å². The molecule has 0 saturated carbocycles. The molecule has 3 aromatic rings. The lowest BCUT2D eigenvalue weighted by molar-refractivity contribution is -0.984. The van der Waals surface area contributed by atoms with Gasteiger partial charge < -0.3 is 36.3 Å². The molecule has 2 bridgehead atoms. The monoisotopic (exact) mass is 689 g/mol. The molecular weight excluding hydrogens is 651 g/mol. The molecule has 6 rings (SSSR count). The first kappa shape index (κ1) is 34.4. The number of ether oxygens (including phenoxy) is 2. The van der Waals surface area contributed by atoms with Crippen LogP contribution in [0.4, 0.5) is 18.0 Å². The number of alkyl carbamates (subject to hydrolysis) is 1. The second kappa shape index (κ2) is 13.5. The molecule has 4 heterocycles. The molecule has 3 saturated heterocycles. The summed E-state index contributed by atoms with van der Waals surface area (Å²) in [5, 5.41) is 3.31. The Morgan fingerprint density at radius 1 is 1.13 bits per heavy atom. The van der Waals surface area contributed by atoms with Gasteiger partial charge >= 0.3 is 18.2 Å². The molecule has 242 valence electrons. The summed E-state index contributed by atoms with van der Waals surface area (Å²) in [6, 6.07) is 14.7. The van der Waals surface area contributed by atoms with Crippen molar-refractivity contribution in [3.8, 4) is 0 Å². The van der Waals surface area contributed by atoms with E-state index >= 15 is 0 Å². The Labute approximate surface area is 272 Å². The Kier molecular flexibility index (Phi) is 10.3. The van der Waals surface area contributed by atoms with Gasteiger partial charge in [-0.05, 0) is 51.0 Å². The van der Waals surface area contributed by atoms with Gasteiger partial charge in [-0.1, -0.05) is 36.4 Å². The first-order valence-electron chi connectivity index (χ1n) is 14.9. The smallest absolute Gasteiger partial charge is 0.416 e. The van der Waals surface area contributed by atoms with Gasteiger partial charge in [-0.25, -0.2) is 4.79 Å². The lowest BCUT2D eigenvalue weighted by Gasteiger charge is -2.58. The predicted octanol–water partition coefficient (Wildman–Crippen LogP) is 3.98. The van der Waals surface area contributed by atoms with Gasteiger partial charge in [0.05, 0.1) is 24.2 Å². The topological polar surface area (TPSA) is 77.5 Å². The largest absolute Gasteiger partial charge is 1.00 e. The van der Waals surface area contributed by atoms with Crippen molar-refractivity contribution in [1.29, 1.82) is 0 Å². The van der Waals surface area contributed by atoms with Crippen molar-refractivity contribution in [3.05, 3.63) is 90.1 Å². The summed E-state index contributed by atoms with van der Waals surface area (Å²) >= 11 is 0. The number of hydrogen-bond donors (Lipinski definition) is 1. The van der Waals surface area contributed by atoms with Crippen LogP contribution in [0.2, 0.25) is 0 Å². The molecule has 7 nitrogen and oxygen atoms in total. The molecule has 11 heteroatoms. The zero-order chi connectivity index (χ0) is 31.7. The van der Waals surface area contributed by atoms with Crippen LogP contribution in [-0.2, 0) is 27.0 Å². The summed E-state index contributed by atoms with van der Waals surface area (Å²) in [5.74, 6) is -0.153. The number of rotatable bonds is 8. The summed E-state index contributed by atoms with van der Waals surface area (Å²) in [7, 11) is 0. The van der Waals surface area contributed by atoms with Crippen LogP contribution in [0.25, 0.3) is 10.9 Å². The minimum absolute atomic E-state index is 0. The summed E-state index contributed by atoms with van der Waals surface area (Å²) in [4.78, 5) is 30.1. The fourth-order valence-electron chi connectivity index (χ4n) is 6.93. The number of nitrogens with zero attached hydrogens (tertiary/aromatic N) is 2. The average molecular weight is 691 g/mol. The highest BCUT2D eigenvalue weighted by Crippen LogP contribution is 2.49. The molecule has 1 unspecified atom stereocenters. The number of alkyl halides is 3. The van der Waals surface area contributed by atoms with Crippen LogP contribution in [0.3, 0.4) is 0 Å². The number of para-hydroxylation sites is 1. The fraction of sp³-hybridized carbons (Fsp3) is 0.441. The maximum atomic E-state index is 13.7. The van der Waals surface area contributed by atoms with Gasteiger partial charge in [0.25, 0.3) is 0 Å². The molecule has 3 aliphatic heterocycles. The van der Waals surface area contributed by atoms with Crippen LogP contribution in [0.5, 0.6) is 0 Å². The summed E-state index contributed by atoms with van der Waals surface area (Å²) in [6.45, 7) is 10.6. The van der Waals surface area contributed by atoms with Crippen molar-refractivity contribution in [2.45, 2.75) is 64.1 Å². The number of carbonyl (C=O) groups excluding carboxylic acids is 2. The first-order chi connectivity index (χ1) is 20.8. The number of aromatic nitrogens is 1. The highest BCUT2D eigenvalue weighted by atomic mass is 79.9. The van der Waals surface area contributed by atoms with E-state index < -0.39 is 42.1 Å². The van der Waals surface area contributed by atoms with Crippen molar-refractivity contribution >= 4 is 23.0 Å². The average Bonchev–Trinajstić information content (AvgIpc) is 2.97. The zero-order valence-electron chi connectivity index (χ0n) is 25.6. The normalized spacial score (nSPS) is 23.5. The van der Waals surface area contributed by atoms with Crippen LogP contribution in [0.15, 0.2) is 73.4 Å². The number of pyridine rings is 1. The molecule has 3 fully saturated rings. The number of halogens is 4. The molecule has 2 aromatic carbocycles. The standard InChI is InChI=1S/C34H38F3N3O4.BrH/c1-5-23-21-40(20-22-9-8-10-25(17-22)34(35,36)37)16-14-24(23)18-29(40)31(27-13-15-38-28-12-7-6-11-26(27)28)43-30(41)19-39-32(42)44-33(2,3)4;/h5-13,15,17,23-24,29,31H,1,14,16,18-21H2,2-4H3;1H/t23-,24-,29+,31-,40?;/m0./s1. The van der Waals surface area contributed by atoms with Crippen molar-refractivity contribution < 1.29 is 53.7 Å². The third kappa shape index (κ3) is 7.87. The van der Waals surface area contributed by atoms with E-state index in [1.54, 1.807) is 33.0 Å². The number of fused-ring (bicyclic) bond motifs is 4. The third-order valence-corrected chi connectivity index (χ3v) is 8.80. The van der Waals surface area contributed by atoms with Gasteiger partial charge in [-0.2, -0.15) is 13.2 Å². The van der Waals surface area contributed by atoms with Crippen molar-refractivity contribution in [3.63, 3.8) is 0 Å². The van der Waals surface area contributed by atoms with Crippen LogP contribution >= 0.6 is 0 Å². The maximum Gasteiger partial charge on any atom is 0.416 e. The van der Waals surface area contributed by atoms with Gasteiger partial charge in [-0.3, -0.25) is 9.78 Å². The van der Waals surface area contributed by atoms with E-state index in [-0.39, 0.29) is 28.9 Å². The molecule has 0 spiro atoms. The van der Waals surface area contributed by atoms with E-state index in [1.807, 2.05) is 36.4 Å². The maximum absolute atomic E-state index is 13.7. The molecule has 5 atom stereocenters. The second-order valence-electron chi connectivity index (χ2n) is 12.9. The Balaban J connectivity index is 0.00000461. The number of amides is 1. The minimum atomic E-state index is -4.46. The van der Waals surface area contributed by atoms with Crippen molar-refractivity contribution in [1.82, 2.24) is 10.3 Å². The zero-order valence-corrected chi connectivity index (χ0v) is 27.2. The molecule has 3 aliphatic rings. The van der Waals surface area contributed by atoms with Crippen molar-refractivity contribution in [2.24, 2.45) is 11.8 Å². The number of quaternary nitrogens is 1. The fourth-order valence-corrected chi connectivity index (χ4v) is 6.93. The SMILES string of the molecule is C=C[C@H]1C[N+]2(Cc3cccc(C(F)(F)F)c3)CC[C@H]1C[C@@H]2[C@@H](OC(=O)CNC(=O)OC(C)(C)C)c1ccnc2ccccc12.[Br-].